The van der Waals surface area contributed by atoms with Gasteiger partial charge in [-0.05, 0) is 49.1 Å². The number of nitrogens with two attached hydrogens (primary N) is 1. The standard InChI is InChI=1S/C19H18FN3O2/c20-14-8-6-13(7-9-14)12-24-16-5-2-1-4-15(16)17-22-18(23-25-17)19(21)10-3-11-19/h1-2,4-9H,3,10-12,21H2. The van der Waals surface area contributed by atoms with Gasteiger partial charge in [-0.3, -0.25) is 0 Å². The summed E-state index contributed by atoms with van der Waals surface area (Å²) < 4.78 is 24.3. The maximum Gasteiger partial charge on any atom is 0.261 e. The highest BCUT2D eigenvalue weighted by molar-refractivity contribution is 5.62. The minimum absolute atomic E-state index is 0.269. The quantitative estimate of drug-likeness (QED) is 0.765. The van der Waals surface area contributed by atoms with E-state index < -0.39 is 5.54 Å². The zero-order chi connectivity index (χ0) is 17.3. The molecule has 25 heavy (non-hydrogen) atoms. The molecule has 0 bridgehead atoms. The van der Waals surface area contributed by atoms with Crippen LogP contribution >= 0.6 is 0 Å². The van der Waals surface area contributed by atoms with Gasteiger partial charge in [0, 0.05) is 0 Å². The lowest BCUT2D eigenvalue weighted by atomic mass is 9.77. The summed E-state index contributed by atoms with van der Waals surface area (Å²) in [5.41, 5.74) is 7.37. The van der Waals surface area contributed by atoms with Crippen LogP contribution in [0.5, 0.6) is 5.75 Å². The summed E-state index contributed by atoms with van der Waals surface area (Å²) in [4.78, 5) is 4.47. The van der Waals surface area contributed by atoms with Gasteiger partial charge in [0.25, 0.3) is 5.89 Å². The van der Waals surface area contributed by atoms with Crippen LogP contribution in [-0.2, 0) is 12.1 Å². The van der Waals surface area contributed by atoms with Crippen LogP contribution in [-0.4, -0.2) is 10.1 Å². The maximum atomic E-state index is 13.0. The first-order valence-corrected chi connectivity index (χ1v) is 8.24. The summed E-state index contributed by atoms with van der Waals surface area (Å²) in [7, 11) is 0. The van der Waals surface area contributed by atoms with Crippen LogP contribution in [0.25, 0.3) is 11.5 Å². The van der Waals surface area contributed by atoms with Crippen LogP contribution in [0.3, 0.4) is 0 Å². The van der Waals surface area contributed by atoms with Crippen molar-refractivity contribution in [3.63, 3.8) is 0 Å². The van der Waals surface area contributed by atoms with Crippen LogP contribution in [0, 0.1) is 5.82 Å². The fourth-order valence-corrected chi connectivity index (χ4v) is 2.83. The first-order valence-electron chi connectivity index (χ1n) is 8.24. The van der Waals surface area contributed by atoms with Gasteiger partial charge in [-0.25, -0.2) is 4.39 Å². The largest absolute Gasteiger partial charge is 0.488 e. The molecule has 1 fully saturated rings. The molecule has 2 aromatic carbocycles. The molecule has 0 atom stereocenters. The Morgan fingerprint density at radius 3 is 2.60 bits per heavy atom. The number of rotatable bonds is 5. The van der Waals surface area contributed by atoms with E-state index in [4.69, 9.17) is 15.0 Å². The van der Waals surface area contributed by atoms with Gasteiger partial charge < -0.3 is 15.0 Å². The third kappa shape index (κ3) is 3.13. The topological polar surface area (TPSA) is 74.2 Å². The lowest BCUT2D eigenvalue weighted by Crippen LogP contribution is -2.44. The van der Waals surface area contributed by atoms with E-state index in [-0.39, 0.29) is 5.82 Å². The van der Waals surface area contributed by atoms with Crippen LogP contribution in [0.2, 0.25) is 0 Å². The highest BCUT2D eigenvalue weighted by atomic mass is 19.1. The number of para-hydroxylation sites is 1. The highest BCUT2D eigenvalue weighted by Crippen LogP contribution is 2.38. The minimum atomic E-state index is -0.467. The molecule has 0 spiro atoms. The molecule has 5 nitrogen and oxygen atoms in total. The fraction of sp³-hybridized carbons (Fsp3) is 0.263. The Labute approximate surface area is 144 Å². The molecule has 1 aromatic heterocycles. The molecule has 0 saturated heterocycles. The van der Waals surface area contributed by atoms with Gasteiger partial charge in [0.05, 0.1) is 11.1 Å². The molecule has 4 rings (SSSR count). The Balaban J connectivity index is 1.55. The molecular weight excluding hydrogens is 321 g/mol. The normalized spacial score (nSPS) is 15.6. The Hall–Kier alpha value is -2.73. The van der Waals surface area contributed by atoms with Gasteiger partial charge in [-0.1, -0.05) is 29.4 Å². The minimum Gasteiger partial charge on any atom is -0.488 e. The molecule has 0 aliphatic heterocycles. The Bertz CT molecular complexity index is 872. The van der Waals surface area contributed by atoms with E-state index in [1.165, 1.54) is 12.1 Å². The third-order valence-electron chi connectivity index (χ3n) is 4.54. The van der Waals surface area contributed by atoms with E-state index in [2.05, 4.69) is 10.1 Å². The van der Waals surface area contributed by atoms with Crippen molar-refractivity contribution in [3.05, 3.63) is 65.7 Å². The number of hydrogen-bond acceptors (Lipinski definition) is 5. The molecule has 6 heteroatoms. The second-order valence-electron chi connectivity index (χ2n) is 6.34. The van der Waals surface area contributed by atoms with Crippen LogP contribution < -0.4 is 10.5 Å². The Morgan fingerprint density at radius 1 is 1.12 bits per heavy atom. The lowest BCUT2D eigenvalue weighted by molar-refractivity contribution is 0.229. The Morgan fingerprint density at radius 2 is 1.88 bits per heavy atom. The second-order valence-corrected chi connectivity index (χ2v) is 6.34. The van der Waals surface area contributed by atoms with Crippen LogP contribution in [0.1, 0.15) is 30.7 Å². The number of benzene rings is 2. The van der Waals surface area contributed by atoms with Crippen LogP contribution in [0.15, 0.2) is 53.1 Å². The number of ether oxygens (including phenoxy) is 1. The van der Waals surface area contributed by atoms with E-state index in [1.54, 1.807) is 12.1 Å². The summed E-state index contributed by atoms with van der Waals surface area (Å²) >= 11 is 0. The molecule has 0 amide bonds. The molecule has 2 N–H and O–H groups in total. The smallest absolute Gasteiger partial charge is 0.261 e. The SMILES string of the molecule is NC1(c2noc(-c3ccccc3OCc3ccc(F)cc3)n2)CCC1. The maximum absolute atomic E-state index is 13.0. The van der Waals surface area contributed by atoms with E-state index in [0.29, 0.717) is 29.6 Å². The molecule has 0 radical (unpaired) electrons. The molecule has 1 aliphatic rings. The van der Waals surface area contributed by atoms with Crippen molar-refractivity contribution in [2.75, 3.05) is 0 Å². The summed E-state index contributed by atoms with van der Waals surface area (Å²) in [5.74, 6) is 1.29. The highest BCUT2D eigenvalue weighted by Gasteiger charge is 2.39. The zero-order valence-electron chi connectivity index (χ0n) is 13.6. The van der Waals surface area contributed by atoms with E-state index in [1.807, 2.05) is 24.3 Å². The Kier molecular flexibility index (Phi) is 3.97. The predicted octanol–water partition coefficient (Wildman–Crippen LogP) is 3.79. The monoisotopic (exact) mass is 339 g/mol. The van der Waals surface area contributed by atoms with Gasteiger partial charge >= 0.3 is 0 Å². The van der Waals surface area contributed by atoms with Gasteiger partial charge in [0.2, 0.25) is 0 Å². The van der Waals surface area contributed by atoms with Crippen molar-refractivity contribution >= 4 is 0 Å². The fourth-order valence-electron chi connectivity index (χ4n) is 2.83. The van der Waals surface area contributed by atoms with Crippen molar-refractivity contribution in [2.45, 2.75) is 31.4 Å². The lowest BCUT2D eigenvalue weighted by Gasteiger charge is -2.34. The summed E-state index contributed by atoms with van der Waals surface area (Å²) in [6.07, 6.45) is 2.82. The molecular formula is C19H18FN3O2. The number of aromatic nitrogens is 2. The van der Waals surface area contributed by atoms with E-state index >= 15 is 0 Å². The van der Waals surface area contributed by atoms with Gasteiger partial charge in [0.15, 0.2) is 5.82 Å². The molecule has 1 aliphatic carbocycles. The molecule has 128 valence electrons. The zero-order valence-corrected chi connectivity index (χ0v) is 13.6. The van der Waals surface area contributed by atoms with Gasteiger partial charge in [0.1, 0.15) is 18.2 Å². The van der Waals surface area contributed by atoms with Crippen molar-refractivity contribution in [1.29, 1.82) is 0 Å². The van der Waals surface area contributed by atoms with Crippen molar-refractivity contribution < 1.29 is 13.7 Å². The first-order chi connectivity index (χ1) is 12.1. The van der Waals surface area contributed by atoms with Crippen molar-refractivity contribution in [3.8, 4) is 17.2 Å². The van der Waals surface area contributed by atoms with Gasteiger partial charge in [-0.15, -0.1) is 0 Å². The third-order valence-corrected chi connectivity index (χ3v) is 4.54. The predicted molar refractivity (Wildman–Crippen MR) is 90.2 cm³/mol. The van der Waals surface area contributed by atoms with E-state index in [0.717, 1.165) is 24.8 Å². The summed E-state index contributed by atoms with van der Waals surface area (Å²) in [6, 6.07) is 13.7. The summed E-state index contributed by atoms with van der Waals surface area (Å²) in [5, 5.41) is 4.05. The van der Waals surface area contributed by atoms with Gasteiger partial charge in [-0.2, -0.15) is 4.98 Å². The molecule has 1 saturated carbocycles. The molecule has 0 unspecified atom stereocenters. The number of nitrogens with zero attached hydrogens (tertiary/aromatic N) is 2. The van der Waals surface area contributed by atoms with Crippen molar-refractivity contribution in [2.24, 2.45) is 5.73 Å². The molecule has 1 heterocycles. The average Bonchev–Trinajstić information content (AvgIpc) is 3.10. The van der Waals surface area contributed by atoms with Crippen LogP contribution in [0.4, 0.5) is 4.39 Å². The number of hydrogen-bond donors (Lipinski definition) is 1. The van der Waals surface area contributed by atoms with E-state index in [9.17, 15) is 4.39 Å². The average molecular weight is 339 g/mol. The number of halogens is 1. The van der Waals surface area contributed by atoms with Crippen molar-refractivity contribution in [1.82, 2.24) is 10.1 Å². The second kappa shape index (κ2) is 6.29. The molecule has 3 aromatic rings. The summed E-state index contributed by atoms with van der Waals surface area (Å²) in [6.45, 7) is 0.319. The first kappa shape index (κ1) is 15.8.